The minimum absolute atomic E-state index is 0.879. The minimum atomic E-state index is 0.879. The Labute approximate surface area is 120 Å². The highest BCUT2D eigenvalue weighted by molar-refractivity contribution is 5.88. The van der Waals surface area contributed by atoms with Crippen LogP contribution in [0.1, 0.15) is 12.5 Å². The number of hydrogen-bond acceptors (Lipinski definition) is 3. The van der Waals surface area contributed by atoms with Crippen LogP contribution in [-0.4, -0.2) is 30.5 Å². The molecule has 1 aromatic heterocycles. The van der Waals surface area contributed by atoms with E-state index in [9.17, 15) is 0 Å². The summed E-state index contributed by atoms with van der Waals surface area (Å²) in [4.78, 5) is 6.47. The van der Waals surface area contributed by atoms with E-state index in [1.54, 1.807) is 0 Å². The maximum Gasteiger partial charge on any atom is 0.126 e. The van der Waals surface area contributed by atoms with Gasteiger partial charge in [0.1, 0.15) is 5.82 Å². The van der Waals surface area contributed by atoms with Gasteiger partial charge in [-0.1, -0.05) is 24.8 Å². The summed E-state index contributed by atoms with van der Waals surface area (Å²) in [6, 6.07) is 8.44. The first-order valence-electron chi connectivity index (χ1n) is 6.80. The van der Waals surface area contributed by atoms with Crippen molar-refractivity contribution in [3.8, 4) is 0 Å². The molecule has 1 heterocycles. The largest absolute Gasteiger partial charge is 0.380 e. The molecule has 2 aromatic rings. The first-order valence-corrected chi connectivity index (χ1v) is 6.80. The third-order valence-corrected chi connectivity index (χ3v) is 3.39. The van der Waals surface area contributed by atoms with Gasteiger partial charge in [0.15, 0.2) is 0 Å². The number of benzene rings is 1. The van der Waals surface area contributed by atoms with E-state index in [1.807, 2.05) is 19.3 Å². The van der Waals surface area contributed by atoms with E-state index in [0.717, 1.165) is 23.3 Å². The van der Waals surface area contributed by atoms with Gasteiger partial charge in [0.2, 0.25) is 0 Å². The molecule has 0 aliphatic rings. The molecule has 0 spiro atoms. The van der Waals surface area contributed by atoms with E-state index in [-0.39, 0.29) is 0 Å². The van der Waals surface area contributed by atoms with Crippen LogP contribution >= 0.6 is 0 Å². The van der Waals surface area contributed by atoms with Crippen LogP contribution in [0.5, 0.6) is 0 Å². The summed E-state index contributed by atoms with van der Waals surface area (Å²) in [5.74, 6) is 0.879. The molecule has 1 N–H and O–H groups in total. The number of nitrogens with zero attached hydrogens (tertiary/aromatic N) is 2. The van der Waals surface area contributed by atoms with Crippen LogP contribution in [-0.2, 0) is 0 Å². The van der Waals surface area contributed by atoms with Gasteiger partial charge in [-0.25, -0.2) is 4.98 Å². The summed E-state index contributed by atoms with van der Waals surface area (Å²) in [5.41, 5.74) is 2.29. The zero-order valence-corrected chi connectivity index (χ0v) is 12.4. The summed E-state index contributed by atoms with van der Waals surface area (Å²) in [5, 5.41) is 5.38. The zero-order chi connectivity index (χ0) is 14.5. The van der Waals surface area contributed by atoms with Crippen LogP contribution in [0.4, 0.5) is 5.82 Å². The van der Waals surface area contributed by atoms with Crippen LogP contribution in [0.15, 0.2) is 49.3 Å². The van der Waals surface area contributed by atoms with E-state index in [2.05, 4.69) is 66.2 Å². The summed E-state index contributed by atoms with van der Waals surface area (Å²) < 4.78 is 0. The van der Waals surface area contributed by atoms with E-state index in [0.29, 0.717) is 0 Å². The average Bonchev–Trinajstić information content (AvgIpc) is 2.51. The Morgan fingerprint density at radius 3 is 2.80 bits per heavy atom. The fourth-order valence-corrected chi connectivity index (χ4v) is 2.03. The van der Waals surface area contributed by atoms with Gasteiger partial charge < -0.3 is 10.2 Å². The number of nitrogens with one attached hydrogen (secondary N) is 1. The van der Waals surface area contributed by atoms with Crippen molar-refractivity contribution in [2.24, 2.45) is 0 Å². The average molecular weight is 267 g/mol. The SMILES string of the molecule is C=C/C(=C\N(C)CC)c1ccc2cnc(NC)cc2c1. The molecule has 104 valence electrons. The lowest BCUT2D eigenvalue weighted by atomic mass is 10.0. The van der Waals surface area contributed by atoms with Gasteiger partial charge >= 0.3 is 0 Å². The Hall–Kier alpha value is -2.29. The molecule has 3 heteroatoms. The Bertz CT molecular complexity index is 644. The number of allylic oxidation sites excluding steroid dienone is 2. The highest BCUT2D eigenvalue weighted by Gasteiger charge is 2.02. The molecule has 1 aromatic carbocycles. The van der Waals surface area contributed by atoms with Gasteiger partial charge in [-0.3, -0.25) is 0 Å². The predicted molar refractivity (Wildman–Crippen MR) is 87.8 cm³/mol. The standard InChI is InChI=1S/C17H21N3/c1-5-13(12-20(4)6-2)14-7-8-15-11-19-17(18-3)10-16(15)9-14/h5,7-12H,1,6H2,2-4H3,(H,18,19)/b13-12+. The Kier molecular flexibility index (Phi) is 4.41. The summed E-state index contributed by atoms with van der Waals surface area (Å²) in [6.45, 7) is 7.02. The molecule has 3 nitrogen and oxygen atoms in total. The van der Waals surface area contributed by atoms with Gasteiger partial charge in [0.25, 0.3) is 0 Å². The van der Waals surface area contributed by atoms with Crippen molar-refractivity contribution in [2.75, 3.05) is 26.0 Å². The van der Waals surface area contributed by atoms with Crippen molar-refractivity contribution >= 4 is 22.2 Å². The molecule has 0 bridgehead atoms. The monoisotopic (exact) mass is 267 g/mol. The second-order valence-electron chi connectivity index (χ2n) is 4.74. The molecular formula is C17H21N3. The predicted octanol–water partition coefficient (Wildman–Crippen LogP) is 3.76. The first-order chi connectivity index (χ1) is 9.67. The van der Waals surface area contributed by atoms with E-state index < -0.39 is 0 Å². The van der Waals surface area contributed by atoms with E-state index in [4.69, 9.17) is 0 Å². The number of anilines is 1. The molecule has 0 atom stereocenters. The number of rotatable bonds is 5. The Morgan fingerprint density at radius 1 is 1.35 bits per heavy atom. The van der Waals surface area contributed by atoms with Crippen LogP contribution in [0.25, 0.3) is 16.3 Å². The molecule has 0 radical (unpaired) electrons. The lowest BCUT2D eigenvalue weighted by Gasteiger charge is -2.13. The highest BCUT2D eigenvalue weighted by Crippen LogP contribution is 2.23. The van der Waals surface area contributed by atoms with Gasteiger partial charge in [0.05, 0.1) is 0 Å². The molecule has 2 rings (SSSR count). The summed E-state index contributed by atoms with van der Waals surface area (Å²) in [7, 11) is 3.94. The zero-order valence-electron chi connectivity index (χ0n) is 12.4. The molecule has 0 aliphatic heterocycles. The van der Waals surface area contributed by atoms with E-state index in [1.165, 1.54) is 10.9 Å². The van der Waals surface area contributed by atoms with Crippen LogP contribution in [0.3, 0.4) is 0 Å². The number of aromatic nitrogens is 1. The highest BCUT2D eigenvalue weighted by atomic mass is 15.1. The normalized spacial score (nSPS) is 11.4. The van der Waals surface area contributed by atoms with Crippen molar-refractivity contribution in [1.29, 1.82) is 0 Å². The quantitative estimate of drug-likeness (QED) is 0.836. The molecule has 0 amide bonds. The van der Waals surface area contributed by atoms with E-state index >= 15 is 0 Å². The Morgan fingerprint density at radius 2 is 2.15 bits per heavy atom. The summed E-state index contributed by atoms with van der Waals surface area (Å²) >= 11 is 0. The smallest absolute Gasteiger partial charge is 0.126 e. The lowest BCUT2D eigenvalue weighted by Crippen LogP contribution is -2.09. The maximum atomic E-state index is 4.33. The molecule has 0 fully saturated rings. The van der Waals surface area contributed by atoms with Gasteiger partial charge in [-0.05, 0) is 35.6 Å². The fraction of sp³-hybridized carbons (Fsp3) is 0.235. The van der Waals surface area contributed by atoms with Crippen molar-refractivity contribution < 1.29 is 0 Å². The van der Waals surface area contributed by atoms with Crippen LogP contribution < -0.4 is 5.32 Å². The fourth-order valence-electron chi connectivity index (χ4n) is 2.03. The molecule has 0 saturated carbocycles. The molecule has 0 saturated heterocycles. The van der Waals surface area contributed by atoms with Gasteiger partial charge in [0, 0.05) is 38.4 Å². The van der Waals surface area contributed by atoms with Crippen LogP contribution in [0, 0.1) is 0 Å². The topological polar surface area (TPSA) is 28.2 Å². The second-order valence-corrected chi connectivity index (χ2v) is 4.74. The molecular weight excluding hydrogens is 246 g/mol. The number of fused-ring (bicyclic) bond motifs is 1. The first kappa shape index (κ1) is 14.1. The van der Waals surface area contributed by atoms with Crippen molar-refractivity contribution in [3.05, 3.63) is 54.9 Å². The van der Waals surface area contributed by atoms with Crippen LogP contribution in [0.2, 0.25) is 0 Å². The summed E-state index contributed by atoms with van der Waals surface area (Å²) in [6.07, 6.45) is 5.91. The third-order valence-electron chi connectivity index (χ3n) is 3.39. The molecule has 0 aliphatic carbocycles. The van der Waals surface area contributed by atoms with Crippen molar-refractivity contribution in [1.82, 2.24) is 9.88 Å². The molecule has 0 unspecified atom stereocenters. The number of pyridine rings is 1. The maximum absolute atomic E-state index is 4.33. The third kappa shape index (κ3) is 2.99. The molecule has 20 heavy (non-hydrogen) atoms. The van der Waals surface area contributed by atoms with Crippen molar-refractivity contribution in [2.45, 2.75) is 6.92 Å². The number of hydrogen-bond donors (Lipinski definition) is 1. The van der Waals surface area contributed by atoms with Gasteiger partial charge in [-0.15, -0.1) is 0 Å². The van der Waals surface area contributed by atoms with Crippen molar-refractivity contribution in [3.63, 3.8) is 0 Å². The minimum Gasteiger partial charge on any atom is -0.380 e. The Balaban J connectivity index is 2.48. The lowest BCUT2D eigenvalue weighted by molar-refractivity contribution is 0.486. The second kappa shape index (κ2) is 6.24. The van der Waals surface area contributed by atoms with Gasteiger partial charge in [-0.2, -0.15) is 0 Å².